The number of alkyl halides is 1. The summed E-state index contributed by atoms with van der Waals surface area (Å²) in [6.07, 6.45) is 3.00. The maximum Gasteiger partial charge on any atom is 0.357 e. The van der Waals surface area contributed by atoms with Crippen molar-refractivity contribution in [3.05, 3.63) is 52.0 Å². The SMILES string of the molecule is CCCCCN(Cc1nc(C(=O)OCC)cs1)C(=O)C(Cl)c1ccccc1. The van der Waals surface area contributed by atoms with Crippen molar-refractivity contribution in [1.29, 1.82) is 0 Å². The summed E-state index contributed by atoms with van der Waals surface area (Å²) < 4.78 is 4.97. The fourth-order valence-electron chi connectivity index (χ4n) is 2.59. The molecule has 2 rings (SSSR count). The van der Waals surface area contributed by atoms with Gasteiger partial charge in [-0.25, -0.2) is 9.78 Å². The number of halogens is 1. The van der Waals surface area contributed by atoms with E-state index in [0.29, 0.717) is 24.7 Å². The number of rotatable bonds is 10. The number of amides is 1. The minimum atomic E-state index is -0.739. The van der Waals surface area contributed by atoms with Gasteiger partial charge in [0.1, 0.15) is 10.4 Å². The van der Waals surface area contributed by atoms with E-state index in [9.17, 15) is 9.59 Å². The Bertz CT molecular complexity index is 736. The molecule has 0 bridgehead atoms. The predicted octanol–water partition coefficient (Wildman–Crippen LogP) is 4.82. The molecule has 0 fully saturated rings. The maximum atomic E-state index is 13.0. The number of esters is 1. The van der Waals surface area contributed by atoms with Crippen LogP contribution in [0.4, 0.5) is 0 Å². The van der Waals surface area contributed by atoms with E-state index in [1.807, 2.05) is 30.3 Å². The van der Waals surface area contributed by atoms with Gasteiger partial charge in [-0.2, -0.15) is 0 Å². The Labute approximate surface area is 169 Å². The molecule has 1 heterocycles. The molecule has 7 heteroatoms. The highest BCUT2D eigenvalue weighted by molar-refractivity contribution is 7.09. The minimum absolute atomic E-state index is 0.146. The first-order valence-electron chi connectivity index (χ1n) is 9.16. The lowest BCUT2D eigenvalue weighted by Gasteiger charge is -2.24. The van der Waals surface area contributed by atoms with Crippen molar-refractivity contribution in [3.8, 4) is 0 Å². The molecule has 1 aromatic heterocycles. The van der Waals surface area contributed by atoms with E-state index in [2.05, 4.69) is 11.9 Å². The Hall–Kier alpha value is -1.92. The second kappa shape index (κ2) is 11.0. The number of aromatic nitrogens is 1. The van der Waals surface area contributed by atoms with E-state index in [-0.39, 0.29) is 11.6 Å². The van der Waals surface area contributed by atoms with E-state index in [1.165, 1.54) is 11.3 Å². The molecule has 0 aliphatic carbocycles. The van der Waals surface area contributed by atoms with Gasteiger partial charge >= 0.3 is 5.97 Å². The fourth-order valence-corrected chi connectivity index (χ4v) is 3.65. The topological polar surface area (TPSA) is 59.5 Å². The van der Waals surface area contributed by atoms with Gasteiger partial charge in [0.25, 0.3) is 0 Å². The molecule has 1 atom stereocenters. The molecule has 2 aromatic rings. The number of carbonyl (C=O) groups is 2. The number of thiazole rings is 1. The van der Waals surface area contributed by atoms with Crippen molar-refractivity contribution in [2.24, 2.45) is 0 Å². The fraction of sp³-hybridized carbons (Fsp3) is 0.450. The van der Waals surface area contributed by atoms with Crippen LogP contribution in [0.2, 0.25) is 0 Å². The van der Waals surface area contributed by atoms with Gasteiger partial charge < -0.3 is 9.64 Å². The Morgan fingerprint density at radius 1 is 1.22 bits per heavy atom. The number of hydrogen-bond donors (Lipinski definition) is 0. The smallest absolute Gasteiger partial charge is 0.357 e. The predicted molar refractivity (Wildman–Crippen MR) is 108 cm³/mol. The Morgan fingerprint density at radius 3 is 2.63 bits per heavy atom. The summed E-state index contributed by atoms with van der Waals surface area (Å²) in [4.78, 5) is 30.8. The molecule has 1 aromatic carbocycles. The minimum Gasteiger partial charge on any atom is -0.461 e. The summed E-state index contributed by atoms with van der Waals surface area (Å²) in [5.74, 6) is -0.588. The maximum absolute atomic E-state index is 13.0. The standard InChI is InChI=1S/C20H25ClN2O3S/c1-3-5-9-12-23(19(24)18(21)15-10-7-6-8-11-15)13-17-22-16(14-27-17)20(25)26-4-2/h6-8,10-11,14,18H,3-5,9,12-13H2,1-2H3. The van der Waals surface area contributed by atoms with Crippen molar-refractivity contribution >= 4 is 34.8 Å². The molecule has 0 saturated heterocycles. The van der Waals surface area contributed by atoms with Crippen LogP contribution in [-0.2, 0) is 16.1 Å². The van der Waals surface area contributed by atoms with Gasteiger partial charge in [-0.1, -0.05) is 50.1 Å². The van der Waals surface area contributed by atoms with Crippen LogP contribution < -0.4 is 0 Å². The van der Waals surface area contributed by atoms with Gasteiger partial charge in [-0.3, -0.25) is 4.79 Å². The van der Waals surface area contributed by atoms with Crippen molar-refractivity contribution in [2.45, 2.75) is 45.0 Å². The first-order chi connectivity index (χ1) is 13.1. The summed E-state index contributed by atoms with van der Waals surface area (Å²) >= 11 is 7.79. The molecule has 0 aliphatic heterocycles. The van der Waals surface area contributed by atoms with Crippen LogP contribution in [0.15, 0.2) is 35.7 Å². The molecule has 0 radical (unpaired) electrons. The third-order valence-electron chi connectivity index (χ3n) is 4.01. The van der Waals surface area contributed by atoms with Crippen LogP contribution in [0.5, 0.6) is 0 Å². The van der Waals surface area contributed by atoms with Crippen LogP contribution in [0.1, 0.15) is 59.5 Å². The molecule has 1 unspecified atom stereocenters. The lowest BCUT2D eigenvalue weighted by molar-refractivity contribution is -0.131. The third kappa shape index (κ3) is 6.33. The van der Waals surface area contributed by atoms with Crippen molar-refractivity contribution in [1.82, 2.24) is 9.88 Å². The molecule has 146 valence electrons. The summed E-state index contributed by atoms with van der Waals surface area (Å²) in [6.45, 7) is 5.12. The highest BCUT2D eigenvalue weighted by Crippen LogP contribution is 2.25. The summed E-state index contributed by atoms with van der Waals surface area (Å²) in [5, 5.41) is 1.62. The van der Waals surface area contributed by atoms with Crippen molar-refractivity contribution in [2.75, 3.05) is 13.2 Å². The molecule has 5 nitrogen and oxygen atoms in total. The van der Waals surface area contributed by atoms with E-state index in [4.69, 9.17) is 16.3 Å². The van der Waals surface area contributed by atoms with Crippen LogP contribution in [-0.4, -0.2) is 34.9 Å². The summed E-state index contributed by atoms with van der Waals surface area (Å²) in [5.41, 5.74) is 1.05. The zero-order chi connectivity index (χ0) is 19.6. The number of unbranched alkanes of at least 4 members (excludes halogenated alkanes) is 2. The Morgan fingerprint density at radius 2 is 1.96 bits per heavy atom. The molecular formula is C20H25ClN2O3S. The number of carbonyl (C=O) groups excluding carboxylic acids is 2. The van der Waals surface area contributed by atoms with Crippen LogP contribution in [0, 0.1) is 0 Å². The zero-order valence-electron chi connectivity index (χ0n) is 15.7. The van der Waals surface area contributed by atoms with Gasteiger partial charge in [0.05, 0.1) is 13.2 Å². The average molecular weight is 409 g/mol. The first-order valence-corrected chi connectivity index (χ1v) is 10.5. The first kappa shape index (κ1) is 21.4. The van der Waals surface area contributed by atoms with Crippen molar-refractivity contribution < 1.29 is 14.3 Å². The Kier molecular flexibility index (Phi) is 8.75. The summed E-state index contributed by atoms with van der Waals surface area (Å²) in [6, 6.07) is 9.32. The summed E-state index contributed by atoms with van der Waals surface area (Å²) in [7, 11) is 0. The molecule has 27 heavy (non-hydrogen) atoms. The molecule has 1 amide bonds. The monoisotopic (exact) mass is 408 g/mol. The normalized spacial score (nSPS) is 11.8. The lowest BCUT2D eigenvalue weighted by Crippen LogP contribution is -2.34. The van der Waals surface area contributed by atoms with E-state index in [1.54, 1.807) is 17.2 Å². The number of hydrogen-bond acceptors (Lipinski definition) is 5. The Balaban J connectivity index is 2.11. The number of nitrogens with zero attached hydrogens (tertiary/aromatic N) is 2. The van der Waals surface area contributed by atoms with Crippen LogP contribution in [0.3, 0.4) is 0 Å². The zero-order valence-corrected chi connectivity index (χ0v) is 17.3. The molecule has 0 saturated carbocycles. The largest absolute Gasteiger partial charge is 0.461 e. The molecule has 0 aliphatic rings. The van der Waals surface area contributed by atoms with Gasteiger partial charge in [0, 0.05) is 11.9 Å². The number of ether oxygens (including phenoxy) is 1. The van der Waals surface area contributed by atoms with Gasteiger partial charge in [0.2, 0.25) is 5.91 Å². The second-order valence-electron chi connectivity index (χ2n) is 6.09. The average Bonchev–Trinajstić information content (AvgIpc) is 3.16. The van der Waals surface area contributed by atoms with E-state index < -0.39 is 11.3 Å². The van der Waals surface area contributed by atoms with Gasteiger partial charge in [-0.05, 0) is 18.9 Å². The van der Waals surface area contributed by atoms with E-state index >= 15 is 0 Å². The quantitative estimate of drug-likeness (QED) is 0.321. The third-order valence-corrected chi connectivity index (χ3v) is 5.29. The van der Waals surface area contributed by atoms with Crippen molar-refractivity contribution in [3.63, 3.8) is 0 Å². The van der Waals surface area contributed by atoms with Crippen LogP contribution >= 0.6 is 22.9 Å². The molecule has 0 spiro atoms. The molecule has 0 N–H and O–H groups in total. The highest BCUT2D eigenvalue weighted by Gasteiger charge is 2.25. The number of benzene rings is 1. The van der Waals surface area contributed by atoms with Crippen LogP contribution in [0.25, 0.3) is 0 Å². The van der Waals surface area contributed by atoms with E-state index in [0.717, 1.165) is 24.8 Å². The van der Waals surface area contributed by atoms with Gasteiger partial charge in [0.15, 0.2) is 5.69 Å². The van der Waals surface area contributed by atoms with Gasteiger partial charge in [-0.15, -0.1) is 22.9 Å². The lowest BCUT2D eigenvalue weighted by atomic mass is 10.1. The molecular weight excluding hydrogens is 384 g/mol. The highest BCUT2D eigenvalue weighted by atomic mass is 35.5. The second-order valence-corrected chi connectivity index (χ2v) is 7.47.